The van der Waals surface area contributed by atoms with Crippen molar-refractivity contribution >= 4 is 17.5 Å². The molecular weight excluding hydrogens is 346 g/mol. The summed E-state index contributed by atoms with van der Waals surface area (Å²) in [6, 6.07) is 0. The third kappa shape index (κ3) is 4.80. The van der Waals surface area contributed by atoms with Crippen molar-refractivity contribution in [2.75, 3.05) is 6.54 Å². The van der Waals surface area contributed by atoms with Crippen molar-refractivity contribution < 1.29 is 19.5 Å². The SMILES string of the molecule is CC1=C(C)C(=O)C(CCC(C)(O)C(=O)NCCCn2ccnc2)=C(C)C1=O. The van der Waals surface area contributed by atoms with E-state index >= 15 is 0 Å². The summed E-state index contributed by atoms with van der Waals surface area (Å²) in [7, 11) is 0. The predicted molar refractivity (Wildman–Crippen MR) is 101 cm³/mol. The molecule has 7 heteroatoms. The number of carbonyl (C=O) groups is 3. The Bertz CT molecular complexity index is 801. The summed E-state index contributed by atoms with van der Waals surface area (Å²) in [6.07, 6.45) is 6.19. The maximum atomic E-state index is 12.4. The third-order valence-corrected chi connectivity index (χ3v) is 5.10. The van der Waals surface area contributed by atoms with E-state index in [1.165, 1.54) is 6.92 Å². The molecule has 1 aliphatic carbocycles. The van der Waals surface area contributed by atoms with Gasteiger partial charge >= 0.3 is 0 Å². The second kappa shape index (κ2) is 8.43. The molecule has 0 bridgehead atoms. The number of rotatable bonds is 8. The van der Waals surface area contributed by atoms with Gasteiger partial charge in [-0.15, -0.1) is 0 Å². The molecule has 2 N–H and O–H groups in total. The van der Waals surface area contributed by atoms with Gasteiger partial charge in [0, 0.05) is 47.8 Å². The van der Waals surface area contributed by atoms with Gasteiger partial charge in [-0.2, -0.15) is 0 Å². The summed E-state index contributed by atoms with van der Waals surface area (Å²) < 4.78 is 1.91. The van der Waals surface area contributed by atoms with Crippen LogP contribution in [-0.4, -0.2) is 44.3 Å². The Morgan fingerprint density at radius 1 is 1.19 bits per heavy atom. The van der Waals surface area contributed by atoms with Gasteiger partial charge in [-0.25, -0.2) is 4.98 Å². The number of imidazole rings is 1. The average Bonchev–Trinajstić information content (AvgIpc) is 3.15. The molecular formula is C20H27N3O4. The second-order valence-corrected chi connectivity index (χ2v) is 7.20. The molecule has 0 aromatic carbocycles. The van der Waals surface area contributed by atoms with Crippen molar-refractivity contribution in [2.45, 2.75) is 59.1 Å². The Labute approximate surface area is 159 Å². The molecule has 0 saturated carbocycles. The Hall–Kier alpha value is -2.54. The topological polar surface area (TPSA) is 101 Å². The van der Waals surface area contributed by atoms with Gasteiger partial charge in [0.25, 0.3) is 5.91 Å². The average molecular weight is 373 g/mol. The van der Waals surface area contributed by atoms with Gasteiger partial charge in [0.05, 0.1) is 6.33 Å². The number of hydrogen-bond acceptors (Lipinski definition) is 5. The highest BCUT2D eigenvalue weighted by atomic mass is 16.3. The first-order valence-electron chi connectivity index (χ1n) is 9.08. The van der Waals surface area contributed by atoms with E-state index in [1.807, 2.05) is 10.8 Å². The molecule has 0 fully saturated rings. The molecule has 0 spiro atoms. The zero-order chi connectivity index (χ0) is 20.2. The highest BCUT2D eigenvalue weighted by Gasteiger charge is 2.33. The van der Waals surface area contributed by atoms with Crippen LogP contribution in [0, 0.1) is 0 Å². The van der Waals surface area contributed by atoms with Crippen LogP contribution in [0.2, 0.25) is 0 Å². The van der Waals surface area contributed by atoms with Gasteiger partial charge in [0.1, 0.15) is 5.60 Å². The third-order valence-electron chi connectivity index (χ3n) is 5.10. The van der Waals surface area contributed by atoms with Crippen molar-refractivity contribution in [1.82, 2.24) is 14.9 Å². The highest BCUT2D eigenvalue weighted by molar-refractivity contribution is 6.24. The molecule has 1 aromatic rings. The van der Waals surface area contributed by atoms with Crippen molar-refractivity contribution in [3.8, 4) is 0 Å². The van der Waals surface area contributed by atoms with Crippen LogP contribution < -0.4 is 5.32 Å². The van der Waals surface area contributed by atoms with Crippen molar-refractivity contribution in [2.24, 2.45) is 0 Å². The second-order valence-electron chi connectivity index (χ2n) is 7.20. The molecule has 1 heterocycles. The lowest BCUT2D eigenvalue weighted by Gasteiger charge is -2.24. The first kappa shape index (κ1) is 20.8. The molecule has 1 unspecified atom stereocenters. The standard InChI is InChI=1S/C20H27N3O4/c1-13-14(2)18(25)16(15(3)17(13)24)6-7-20(4,27)19(26)22-8-5-10-23-11-9-21-12-23/h9,11-12,27H,5-8,10H2,1-4H3,(H,22,26). The number of hydrogen-bond donors (Lipinski definition) is 2. The van der Waals surface area contributed by atoms with E-state index in [9.17, 15) is 19.5 Å². The van der Waals surface area contributed by atoms with Crippen LogP contribution in [0.1, 0.15) is 47.0 Å². The minimum atomic E-state index is -1.62. The highest BCUT2D eigenvalue weighted by Crippen LogP contribution is 2.28. The van der Waals surface area contributed by atoms with Crippen LogP contribution in [0.15, 0.2) is 41.0 Å². The number of nitrogens with one attached hydrogen (secondary N) is 1. The minimum absolute atomic E-state index is 0.0678. The molecule has 2 rings (SSSR count). The van der Waals surface area contributed by atoms with Gasteiger partial charge in [-0.1, -0.05) is 0 Å². The lowest BCUT2D eigenvalue weighted by molar-refractivity contribution is -0.138. The Kier molecular flexibility index (Phi) is 6.49. The summed E-state index contributed by atoms with van der Waals surface area (Å²) in [5.41, 5.74) is 0.0687. The lowest BCUT2D eigenvalue weighted by Crippen LogP contribution is -2.45. The molecule has 1 aromatic heterocycles. The van der Waals surface area contributed by atoms with Crippen molar-refractivity contribution in [1.29, 1.82) is 0 Å². The molecule has 146 valence electrons. The molecule has 1 atom stereocenters. The summed E-state index contributed by atoms with van der Waals surface area (Å²) in [4.78, 5) is 40.9. The fraction of sp³-hybridized carbons (Fsp3) is 0.500. The zero-order valence-corrected chi connectivity index (χ0v) is 16.3. The van der Waals surface area contributed by atoms with Crippen LogP contribution in [0.5, 0.6) is 0 Å². The molecule has 0 radical (unpaired) electrons. The maximum Gasteiger partial charge on any atom is 0.251 e. The molecule has 0 saturated heterocycles. The van der Waals surface area contributed by atoms with Crippen LogP contribution in [0.25, 0.3) is 0 Å². The monoisotopic (exact) mass is 373 g/mol. The molecule has 27 heavy (non-hydrogen) atoms. The summed E-state index contributed by atoms with van der Waals surface area (Å²) in [5, 5.41) is 13.2. The number of allylic oxidation sites excluding steroid dienone is 4. The van der Waals surface area contributed by atoms with Crippen LogP contribution in [-0.2, 0) is 20.9 Å². The zero-order valence-electron chi connectivity index (χ0n) is 16.3. The van der Waals surface area contributed by atoms with Gasteiger partial charge < -0.3 is 15.0 Å². The normalized spacial score (nSPS) is 17.4. The molecule has 0 aliphatic heterocycles. The van der Waals surface area contributed by atoms with Gasteiger partial charge in [0.2, 0.25) is 0 Å². The van der Waals surface area contributed by atoms with Crippen LogP contribution in [0.3, 0.4) is 0 Å². The maximum absolute atomic E-state index is 12.4. The van der Waals surface area contributed by atoms with Crippen LogP contribution >= 0.6 is 0 Å². The Balaban J connectivity index is 1.88. The largest absolute Gasteiger partial charge is 0.380 e. The summed E-state index contributed by atoms with van der Waals surface area (Å²) in [5.74, 6) is -0.809. The number of carbonyl (C=O) groups excluding carboxylic acids is 3. The molecule has 7 nitrogen and oxygen atoms in total. The van der Waals surface area contributed by atoms with E-state index in [2.05, 4.69) is 10.3 Å². The van der Waals surface area contributed by atoms with E-state index in [-0.39, 0.29) is 24.4 Å². The number of nitrogens with zero attached hydrogens (tertiary/aromatic N) is 2. The molecule has 1 amide bonds. The number of amides is 1. The number of ketones is 2. The van der Waals surface area contributed by atoms with E-state index in [0.29, 0.717) is 35.3 Å². The van der Waals surface area contributed by atoms with E-state index in [0.717, 1.165) is 6.54 Å². The number of aromatic nitrogens is 2. The fourth-order valence-electron chi connectivity index (χ4n) is 3.01. The van der Waals surface area contributed by atoms with E-state index in [1.54, 1.807) is 33.3 Å². The summed E-state index contributed by atoms with van der Waals surface area (Å²) in [6.45, 7) is 7.47. The summed E-state index contributed by atoms with van der Waals surface area (Å²) >= 11 is 0. The fourth-order valence-corrected chi connectivity index (χ4v) is 3.01. The smallest absolute Gasteiger partial charge is 0.251 e. The number of aliphatic hydroxyl groups is 1. The van der Waals surface area contributed by atoms with Crippen molar-refractivity contribution in [3.63, 3.8) is 0 Å². The Morgan fingerprint density at radius 3 is 2.48 bits per heavy atom. The van der Waals surface area contributed by atoms with E-state index in [4.69, 9.17) is 0 Å². The first-order chi connectivity index (χ1) is 12.6. The van der Waals surface area contributed by atoms with Gasteiger partial charge in [-0.3, -0.25) is 14.4 Å². The number of aryl methyl sites for hydroxylation is 1. The number of Topliss-reactive ketones (excluding diaryl/α,β-unsaturated/α-hetero) is 2. The Morgan fingerprint density at radius 2 is 1.85 bits per heavy atom. The van der Waals surface area contributed by atoms with Gasteiger partial charge in [0.15, 0.2) is 11.6 Å². The minimum Gasteiger partial charge on any atom is -0.380 e. The molecule has 1 aliphatic rings. The van der Waals surface area contributed by atoms with Crippen molar-refractivity contribution in [3.05, 3.63) is 41.0 Å². The van der Waals surface area contributed by atoms with E-state index < -0.39 is 11.5 Å². The quantitative estimate of drug-likeness (QED) is 0.534. The van der Waals surface area contributed by atoms with Crippen LogP contribution in [0.4, 0.5) is 0 Å². The lowest BCUT2D eigenvalue weighted by atomic mass is 9.82. The van der Waals surface area contributed by atoms with Gasteiger partial charge in [-0.05, 0) is 47.0 Å². The first-order valence-corrected chi connectivity index (χ1v) is 9.08. The predicted octanol–water partition coefficient (Wildman–Crippen LogP) is 1.73.